The van der Waals surface area contributed by atoms with Crippen LogP contribution in [0, 0.1) is 0 Å². The highest BCUT2D eigenvalue weighted by molar-refractivity contribution is 9.09. The van der Waals surface area contributed by atoms with Crippen LogP contribution in [-0.4, -0.2) is 17.5 Å². The molecule has 0 fully saturated rings. The third-order valence-corrected chi connectivity index (χ3v) is 2.74. The van der Waals surface area contributed by atoms with Crippen molar-refractivity contribution in [2.75, 3.05) is 5.33 Å². The number of rotatable bonds is 5. The van der Waals surface area contributed by atoms with Crippen molar-refractivity contribution in [3.8, 4) is 5.75 Å². The second-order valence-corrected chi connectivity index (χ2v) is 4.09. The highest BCUT2D eigenvalue weighted by Gasteiger charge is 2.34. The summed E-state index contributed by atoms with van der Waals surface area (Å²) in [5.41, 5.74) is -1.11. The SMILES string of the molecule is O=C(CBr)Cc1cccc(C(F)F)c1OC(F)(F)F. The highest BCUT2D eigenvalue weighted by atomic mass is 79.9. The molecule has 0 bridgehead atoms. The predicted molar refractivity (Wildman–Crippen MR) is 60.6 cm³/mol. The molecule has 0 aliphatic carbocycles. The fraction of sp³-hybridized carbons (Fsp3) is 0.364. The Bertz CT molecular complexity index is 459. The Morgan fingerprint density at radius 3 is 2.42 bits per heavy atom. The van der Waals surface area contributed by atoms with Crippen molar-refractivity contribution in [1.82, 2.24) is 0 Å². The Morgan fingerprint density at radius 1 is 1.32 bits per heavy atom. The van der Waals surface area contributed by atoms with Gasteiger partial charge in [-0.25, -0.2) is 8.78 Å². The van der Waals surface area contributed by atoms with Gasteiger partial charge in [0.05, 0.1) is 10.9 Å². The first kappa shape index (κ1) is 15.9. The topological polar surface area (TPSA) is 26.3 Å². The zero-order chi connectivity index (χ0) is 14.6. The summed E-state index contributed by atoms with van der Waals surface area (Å²) in [5.74, 6) is -1.45. The number of hydrogen-bond donors (Lipinski definition) is 0. The molecule has 2 nitrogen and oxygen atoms in total. The highest BCUT2D eigenvalue weighted by Crippen LogP contribution is 2.36. The van der Waals surface area contributed by atoms with Crippen molar-refractivity contribution >= 4 is 21.7 Å². The van der Waals surface area contributed by atoms with Crippen LogP contribution in [-0.2, 0) is 11.2 Å². The Kier molecular flexibility index (Phi) is 5.28. The van der Waals surface area contributed by atoms with Crippen LogP contribution in [0.25, 0.3) is 0 Å². The molecule has 0 aliphatic heterocycles. The minimum atomic E-state index is -5.10. The van der Waals surface area contributed by atoms with Crippen molar-refractivity contribution in [3.05, 3.63) is 29.3 Å². The number of alkyl halides is 6. The zero-order valence-electron chi connectivity index (χ0n) is 9.31. The van der Waals surface area contributed by atoms with Gasteiger partial charge in [-0.2, -0.15) is 0 Å². The van der Waals surface area contributed by atoms with E-state index in [0.717, 1.165) is 18.2 Å². The van der Waals surface area contributed by atoms with Gasteiger partial charge in [-0.15, -0.1) is 13.2 Å². The molecule has 0 unspecified atom stereocenters. The van der Waals surface area contributed by atoms with Crippen molar-refractivity contribution < 1.29 is 31.5 Å². The van der Waals surface area contributed by atoms with Gasteiger partial charge in [0.2, 0.25) is 0 Å². The van der Waals surface area contributed by atoms with Gasteiger partial charge >= 0.3 is 6.36 Å². The molecule has 0 radical (unpaired) electrons. The number of para-hydroxylation sites is 1. The third-order valence-electron chi connectivity index (χ3n) is 2.12. The maximum Gasteiger partial charge on any atom is 0.573 e. The fourth-order valence-corrected chi connectivity index (χ4v) is 1.61. The lowest BCUT2D eigenvalue weighted by atomic mass is 10.0. The lowest BCUT2D eigenvalue weighted by Crippen LogP contribution is -2.20. The summed E-state index contributed by atoms with van der Waals surface area (Å²) < 4.78 is 65.6. The van der Waals surface area contributed by atoms with Crippen LogP contribution in [0.15, 0.2) is 18.2 Å². The molecule has 8 heteroatoms. The fourth-order valence-electron chi connectivity index (χ4n) is 1.42. The van der Waals surface area contributed by atoms with E-state index in [0.29, 0.717) is 0 Å². The minimum Gasteiger partial charge on any atom is -0.405 e. The lowest BCUT2D eigenvalue weighted by molar-refractivity contribution is -0.275. The van der Waals surface area contributed by atoms with Crippen molar-refractivity contribution in [2.45, 2.75) is 19.2 Å². The van der Waals surface area contributed by atoms with E-state index >= 15 is 0 Å². The molecule has 0 spiro atoms. The molecular weight excluding hydrogens is 339 g/mol. The van der Waals surface area contributed by atoms with Crippen LogP contribution >= 0.6 is 15.9 Å². The van der Waals surface area contributed by atoms with Gasteiger partial charge in [0.15, 0.2) is 0 Å². The summed E-state index contributed by atoms with van der Waals surface area (Å²) >= 11 is 2.84. The van der Waals surface area contributed by atoms with Crippen LogP contribution in [0.2, 0.25) is 0 Å². The Balaban J connectivity index is 3.21. The molecule has 0 N–H and O–H groups in total. The Labute approximate surface area is 113 Å². The molecule has 1 aromatic rings. The second kappa shape index (κ2) is 6.31. The summed E-state index contributed by atoms with van der Waals surface area (Å²) in [7, 11) is 0. The third kappa shape index (κ3) is 4.77. The van der Waals surface area contributed by atoms with E-state index in [1.165, 1.54) is 0 Å². The average molecular weight is 347 g/mol. The van der Waals surface area contributed by atoms with Crippen molar-refractivity contribution in [1.29, 1.82) is 0 Å². The van der Waals surface area contributed by atoms with Crippen molar-refractivity contribution in [3.63, 3.8) is 0 Å². The molecule has 0 saturated heterocycles. The lowest BCUT2D eigenvalue weighted by Gasteiger charge is -2.16. The summed E-state index contributed by atoms with van der Waals surface area (Å²) in [6.07, 6.45) is -8.65. The maximum absolute atomic E-state index is 12.7. The Morgan fingerprint density at radius 2 is 1.95 bits per heavy atom. The summed E-state index contributed by atoms with van der Waals surface area (Å²) in [4.78, 5) is 11.2. The smallest absolute Gasteiger partial charge is 0.405 e. The molecule has 0 heterocycles. The minimum absolute atomic E-state index is 0.0859. The zero-order valence-corrected chi connectivity index (χ0v) is 10.9. The van der Waals surface area contributed by atoms with Gasteiger partial charge in [-0.3, -0.25) is 4.79 Å². The van der Waals surface area contributed by atoms with Gasteiger partial charge in [0, 0.05) is 12.0 Å². The summed E-state index contributed by atoms with van der Waals surface area (Å²) in [6.45, 7) is 0. The number of ether oxygens (including phenoxy) is 1. The van der Waals surface area contributed by atoms with Crippen molar-refractivity contribution in [2.24, 2.45) is 0 Å². The normalized spacial score (nSPS) is 11.7. The van der Waals surface area contributed by atoms with Crippen LogP contribution in [0.5, 0.6) is 5.75 Å². The number of Topliss-reactive ketones (excluding diaryl/α,β-unsaturated/α-hetero) is 1. The first-order chi connectivity index (χ1) is 8.74. The molecule has 0 saturated carbocycles. The van der Waals surface area contributed by atoms with E-state index in [-0.39, 0.29) is 10.9 Å². The standard InChI is InChI=1S/C11H8BrF5O2/c12-5-7(18)4-6-2-1-3-8(10(13)14)9(6)19-11(15,16)17/h1-3,10H,4-5H2. The molecule has 19 heavy (non-hydrogen) atoms. The summed E-state index contributed by atoms with van der Waals surface area (Å²) in [6, 6.07) is 3.13. The van der Waals surface area contributed by atoms with Crippen LogP contribution < -0.4 is 4.74 Å². The van der Waals surface area contributed by atoms with E-state index in [4.69, 9.17) is 0 Å². The monoisotopic (exact) mass is 346 g/mol. The first-order valence-corrected chi connectivity index (χ1v) is 6.10. The molecule has 0 aromatic heterocycles. The number of hydrogen-bond acceptors (Lipinski definition) is 2. The van der Waals surface area contributed by atoms with E-state index < -0.39 is 36.3 Å². The maximum atomic E-state index is 12.7. The number of carbonyl (C=O) groups is 1. The average Bonchev–Trinajstić information content (AvgIpc) is 2.28. The van der Waals surface area contributed by atoms with E-state index in [1.807, 2.05) is 0 Å². The molecule has 1 rings (SSSR count). The molecule has 0 amide bonds. The summed E-state index contributed by atoms with van der Waals surface area (Å²) in [5, 5.41) is -0.0859. The van der Waals surface area contributed by atoms with Gasteiger partial charge in [-0.1, -0.05) is 28.1 Å². The molecule has 0 atom stereocenters. The van der Waals surface area contributed by atoms with Crippen LogP contribution in [0.1, 0.15) is 17.6 Å². The quantitative estimate of drug-likeness (QED) is 0.594. The van der Waals surface area contributed by atoms with Gasteiger partial charge in [-0.05, 0) is 6.07 Å². The van der Waals surface area contributed by atoms with E-state index in [2.05, 4.69) is 20.7 Å². The van der Waals surface area contributed by atoms with Gasteiger partial charge in [0.1, 0.15) is 11.5 Å². The van der Waals surface area contributed by atoms with Crippen LogP contribution in [0.4, 0.5) is 22.0 Å². The second-order valence-electron chi connectivity index (χ2n) is 3.53. The Hall–Kier alpha value is -1.18. The first-order valence-electron chi connectivity index (χ1n) is 4.98. The molecule has 0 aliphatic rings. The van der Waals surface area contributed by atoms with Gasteiger partial charge in [0.25, 0.3) is 6.43 Å². The number of carbonyl (C=O) groups excluding carboxylic acids is 1. The van der Waals surface area contributed by atoms with Gasteiger partial charge < -0.3 is 4.74 Å². The molecule has 1 aromatic carbocycles. The van der Waals surface area contributed by atoms with Crippen LogP contribution in [0.3, 0.4) is 0 Å². The predicted octanol–water partition coefficient (Wildman–Crippen LogP) is 4.03. The van der Waals surface area contributed by atoms with E-state index in [9.17, 15) is 26.7 Å². The van der Waals surface area contributed by atoms with E-state index in [1.54, 1.807) is 0 Å². The number of halogens is 6. The number of ketones is 1. The largest absolute Gasteiger partial charge is 0.573 e. The molecule has 106 valence electrons. The number of benzene rings is 1. The molecular formula is C11H8BrF5O2.